The Morgan fingerprint density at radius 3 is 3.00 bits per heavy atom. The number of anilines is 2. The van der Waals surface area contributed by atoms with Gasteiger partial charge in [-0.1, -0.05) is 13.8 Å². The fourth-order valence-electron chi connectivity index (χ4n) is 2.24. The fraction of sp³-hybridized carbons (Fsp3) is 0.714. The lowest BCUT2D eigenvalue weighted by molar-refractivity contribution is 0.0722. The first-order valence-electron chi connectivity index (χ1n) is 7.35. The molecular weight excluding hydrogens is 256 g/mol. The van der Waals surface area contributed by atoms with E-state index in [9.17, 15) is 5.11 Å². The molecule has 6 nitrogen and oxygen atoms in total. The van der Waals surface area contributed by atoms with Crippen molar-refractivity contribution in [3.05, 3.63) is 11.9 Å². The maximum Gasteiger partial charge on any atom is 0.134 e. The molecule has 1 aromatic heterocycles. The molecule has 1 aliphatic rings. The summed E-state index contributed by atoms with van der Waals surface area (Å²) in [5.74, 6) is 2.55. The average molecular weight is 280 g/mol. The van der Waals surface area contributed by atoms with E-state index in [2.05, 4.69) is 27.1 Å². The zero-order valence-electron chi connectivity index (χ0n) is 12.3. The molecule has 0 radical (unpaired) electrons. The summed E-state index contributed by atoms with van der Waals surface area (Å²) in [4.78, 5) is 11.2. The van der Waals surface area contributed by atoms with Crippen molar-refractivity contribution in [1.29, 1.82) is 0 Å². The third kappa shape index (κ3) is 3.58. The highest BCUT2D eigenvalue weighted by atomic mass is 16.5. The van der Waals surface area contributed by atoms with E-state index >= 15 is 0 Å². The molecule has 0 saturated carbocycles. The van der Waals surface area contributed by atoms with Gasteiger partial charge in [-0.25, -0.2) is 9.97 Å². The minimum Gasteiger partial charge on any atom is -0.394 e. The van der Waals surface area contributed by atoms with Crippen molar-refractivity contribution >= 4 is 11.6 Å². The normalized spacial score (nSPS) is 19.1. The fourth-order valence-corrected chi connectivity index (χ4v) is 2.24. The molecule has 2 heterocycles. The summed E-state index contributed by atoms with van der Waals surface area (Å²) in [5, 5.41) is 12.8. The molecular formula is C14H24N4O2. The maximum absolute atomic E-state index is 9.48. The van der Waals surface area contributed by atoms with Crippen LogP contribution in [0.15, 0.2) is 6.07 Å². The maximum atomic E-state index is 9.48. The van der Waals surface area contributed by atoms with E-state index in [4.69, 9.17) is 4.74 Å². The second kappa shape index (κ2) is 7.40. The molecule has 0 bridgehead atoms. The number of aromatic nitrogens is 2. The highest BCUT2D eigenvalue weighted by Crippen LogP contribution is 2.20. The standard InChI is InChI=1S/C14H24N4O2/c1-3-5-15-13-8-14(17-12(4-2)16-13)18-6-7-20-10-11(18)9-19/h8,11,19H,3-7,9-10H2,1-2H3,(H,15,16,17). The second-order valence-corrected chi connectivity index (χ2v) is 4.91. The van der Waals surface area contributed by atoms with Crippen LogP contribution in [0.25, 0.3) is 0 Å². The number of hydrogen-bond donors (Lipinski definition) is 2. The Bertz CT molecular complexity index is 428. The number of nitrogens with one attached hydrogen (secondary N) is 1. The Balaban J connectivity index is 2.24. The molecule has 0 spiro atoms. The van der Waals surface area contributed by atoms with Crippen molar-refractivity contribution in [2.75, 3.05) is 43.1 Å². The Hall–Kier alpha value is -1.40. The van der Waals surface area contributed by atoms with Crippen molar-refractivity contribution < 1.29 is 9.84 Å². The van der Waals surface area contributed by atoms with Gasteiger partial charge >= 0.3 is 0 Å². The van der Waals surface area contributed by atoms with Crippen molar-refractivity contribution in [3.8, 4) is 0 Å². The van der Waals surface area contributed by atoms with Crippen molar-refractivity contribution in [3.63, 3.8) is 0 Å². The van der Waals surface area contributed by atoms with Crippen LogP contribution < -0.4 is 10.2 Å². The Morgan fingerprint density at radius 2 is 2.30 bits per heavy atom. The Morgan fingerprint density at radius 1 is 1.45 bits per heavy atom. The highest BCUT2D eigenvalue weighted by Gasteiger charge is 2.24. The van der Waals surface area contributed by atoms with Gasteiger partial charge in [-0.2, -0.15) is 0 Å². The Labute approximate surface area is 120 Å². The van der Waals surface area contributed by atoms with Gasteiger partial charge in [-0.05, 0) is 6.42 Å². The molecule has 1 atom stereocenters. The largest absolute Gasteiger partial charge is 0.394 e. The summed E-state index contributed by atoms with van der Waals surface area (Å²) >= 11 is 0. The summed E-state index contributed by atoms with van der Waals surface area (Å²) in [7, 11) is 0. The van der Waals surface area contributed by atoms with Crippen LogP contribution in [0.1, 0.15) is 26.1 Å². The SMILES string of the molecule is CCCNc1cc(N2CCOCC2CO)nc(CC)n1. The number of nitrogens with zero attached hydrogens (tertiary/aromatic N) is 3. The average Bonchev–Trinajstić information content (AvgIpc) is 2.52. The van der Waals surface area contributed by atoms with E-state index in [1.807, 2.05) is 13.0 Å². The number of rotatable bonds is 6. The van der Waals surface area contributed by atoms with Crippen LogP contribution in [0.4, 0.5) is 11.6 Å². The van der Waals surface area contributed by atoms with E-state index < -0.39 is 0 Å². The summed E-state index contributed by atoms with van der Waals surface area (Å²) in [5.41, 5.74) is 0. The second-order valence-electron chi connectivity index (χ2n) is 4.91. The molecule has 1 unspecified atom stereocenters. The molecule has 2 N–H and O–H groups in total. The number of ether oxygens (including phenoxy) is 1. The van der Waals surface area contributed by atoms with Gasteiger partial charge in [0.25, 0.3) is 0 Å². The van der Waals surface area contributed by atoms with Crippen LogP contribution in [0.2, 0.25) is 0 Å². The topological polar surface area (TPSA) is 70.5 Å². The van der Waals surface area contributed by atoms with Gasteiger partial charge in [0.1, 0.15) is 17.5 Å². The third-order valence-electron chi connectivity index (χ3n) is 3.36. The van der Waals surface area contributed by atoms with E-state index in [0.717, 1.165) is 43.4 Å². The predicted molar refractivity (Wildman–Crippen MR) is 79.2 cm³/mol. The third-order valence-corrected chi connectivity index (χ3v) is 3.36. The van der Waals surface area contributed by atoms with Gasteiger partial charge in [-0.3, -0.25) is 0 Å². The summed E-state index contributed by atoms with van der Waals surface area (Å²) in [6.07, 6.45) is 1.85. The molecule has 2 rings (SSSR count). The lowest BCUT2D eigenvalue weighted by Crippen LogP contribution is -2.48. The van der Waals surface area contributed by atoms with Gasteiger partial charge in [-0.15, -0.1) is 0 Å². The number of morpholine rings is 1. The number of aryl methyl sites for hydroxylation is 1. The van der Waals surface area contributed by atoms with Crippen molar-refractivity contribution in [2.45, 2.75) is 32.7 Å². The van der Waals surface area contributed by atoms with Gasteiger partial charge < -0.3 is 20.1 Å². The zero-order valence-corrected chi connectivity index (χ0v) is 12.3. The predicted octanol–water partition coefficient (Wildman–Crippen LogP) is 1.06. The van der Waals surface area contributed by atoms with Crippen LogP contribution in [0.5, 0.6) is 0 Å². The first kappa shape index (κ1) is 15.0. The quantitative estimate of drug-likeness (QED) is 0.812. The summed E-state index contributed by atoms with van der Waals surface area (Å²) < 4.78 is 5.42. The number of aliphatic hydroxyl groups is 1. The molecule has 20 heavy (non-hydrogen) atoms. The lowest BCUT2D eigenvalue weighted by atomic mass is 10.2. The number of aliphatic hydroxyl groups excluding tert-OH is 1. The monoisotopic (exact) mass is 280 g/mol. The van der Waals surface area contributed by atoms with E-state index in [0.29, 0.717) is 13.2 Å². The summed E-state index contributed by atoms with van der Waals surface area (Å²) in [6.45, 7) is 7.10. The summed E-state index contributed by atoms with van der Waals surface area (Å²) in [6, 6.07) is 1.94. The first-order valence-corrected chi connectivity index (χ1v) is 7.35. The van der Waals surface area contributed by atoms with Crippen LogP contribution in [-0.4, -0.2) is 54.0 Å². The first-order chi connectivity index (χ1) is 9.78. The molecule has 1 aliphatic heterocycles. The minimum atomic E-state index is -0.0256. The van der Waals surface area contributed by atoms with Crippen LogP contribution >= 0.6 is 0 Å². The van der Waals surface area contributed by atoms with Crippen LogP contribution in [-0.2, 0) is 11.2 Å². The van der Waals surface area contributed by atoms with Gasteiger partial charge in [0, 0.05) is 25.6 Å². The molecule has 1 saturated heterocycles. The molecule has 112 valence electrons. The van der Waals surface area contributed by atoms with Crippen molar-refractivity contribution in [2.24, 2.45) is 0 Å². The van der Waals surface area contributed by atoms with E-state index in [1.54, 1.807) is 0 Å². The smallest absolute Gasteiger partial charge is 0.134 e. The molecule has 0 amide bonds. The van der Waals surface area contributed by atoms with Gasteiger partial charge in [0.05, 0.1) is 25.9 Å². The molecule has 1 fully saturated rings. The lowest BCUT2D eigenvalue weighted by Gasteiger charge is -2.35. The molecule has 6 heteroatoms. The van der Waals surface area contributed by atoms with Gasteiger partial charge in [0.15, 0.2) is 0 Å². The van der Waals surface area contributed by atoms with Crippen LogP contribution in [0, 0.1) is 0 Å². The Kier molecular flexibility index (Phi) is 5.55. The zero-order chi connectivity index (χ0) is 14.4. The molecule has 0 aliphatic carbocycles. The molecule has 1 aromatic rings. The minimum absolute atomic E-state index is 0.0256. The number of hydrogen-bond acceptors (Lipinski definition) is 6. The van der Waals surface area contributed by atoms with Crippen molar-refractivity contribution in [1.82, 2.24) is 9.97 Å². The van der Waals surface area contributed by atoms with E-state index in [1.165, 1.54) is 0 Å². The van der Waals surface area contributed by atoms with E-state index in [-0.39, 0.29) is 12.6 Å². The van der Waals surface area contributed by atoms with Gasteiger partial charge in [0.2, 0.25) is 0 Å². The molecule has 0 aromatic carbocycles. The highest BCUT2D eigenvalue weighted by molar-refractivity contribution is 5.50. The van der Waals surface area contributed by atoms with Crippen LogP contribution in [0.3, 0.4) is 0 Å².